The van der Waals surface area contributed by atoms with Crippen LogP contribution in [0.15, 0.2) is 40.8 Å². The van der Waals surface area contributed by atoms with Gasteiger partial charge in [0.2, 0.25) is 0 Å². The van der Waals surface area contributed by atoms with Gasteiger partial charge in [0.05, 0.1) is 19.2 Å². The van der Waals surface area contributed by atoms with E-state index in [0.29, 0.717) is 5.76 Å². The van der Waals surface area contributed by atoms with E-state index < -0.39 is 11.0 Å². The molecule has 6 nitrogen and oxygen atoms in total. The van der Waals surface area contributed by atoms with Crippen molar-refractivity contribution < 1.29 is 14.1 Å². The fourth-order valence-corrected chi connectivity index (χ4v) is 1.58. The topological polar surface area (TPSA) is 91.5 Å². The first-order chi connectivity index (χ1) is 8.61. The molecule has 0 bridgehead atoms. The van der Waals surface area contributed by atoms with Crippen LogP contribution >= 0.6 is 0 Å². The molecule has 0 aliphatic heterocycles. The molecule has 0 spiro atoms. The Balaban J connectivity index is 2.23. The molecule has 2 aromatic rings. The maximum absolute atomic E-state index is 10.5. The molecular formula is C12H12N2O4. The van der Waals surface area contributed by atoms with Crippen LogP contribution in [0.4, 0.5) is 5.88 Å². The smallest absolute Gasteiger partial charge is 0.433 e. The van der Waals surface area contributed by atoms with E-state index in [-0.39, 0.29) is 5.88 Å². The van der Waals surface area contributed by atoms with Crippen LogP contribution in [0.2, 0.25) is 0 Å². The number of nitrogens with two attached hydrogens (primary N) is 1. The van der Waals surface area contributed by atoms with E-state index in [4.69, 9.17) is 14.9 Å². The van der Waals surface area contributed by atoms with Gasteiger partial charge in [0.15, 0.2) is 0 Å². The third kappa shape index (κ3) is 2.33. The minimum atomic E-state index is -0.593. The Labute approximate surface area is 103 Å². The van der Waals surface area contributed by atoms with Crippen LogP contribution in [0.25, 0.3) is 0 Å². The lowest BCUT2D eigenvalue weighted by Gasteiger charge is -2.09. The summed E-state index contributed by atoms with van der Waals surface area (Å²) in [5, 5.41) is 10.5. The highest BCUT2D eigenvalue weighted by molar-refractivity contribution is 5.33. The quantitative estimate of drug-likeness (QED) is 0.661. The number of benzene rings is 1. The largest absolute Gasteiger partial charge is 0.497 e. The second kappa shape index (κ2) is 4.89. The van der Waals surface area contributed by atoms with E-state index in [2.05, 4.69) is 0 Å². The van der Waals surface area contributed by atoms with Gasteiger partial charge in [-0.05, 0) is 23.8 Å². The molecule has 1 aromatic heterocycles. The summed E-state index contributed by atoms with van der Waals surface area (Å²) in [5.74, 6) is 0.761. The predicted octanol–water partition coefficient (Wildman–Crippen LogP) is 2.24. The maximum atomic E-state index is 10.5. The lowest BCUT2D eigenvalue weighted by Crippen LogP contribution is -2.10. The zero-order valence-corrected chi connectivity index (χ0v) is 9.70. The second-order valence-corrected chi connectivity index (χ2v) is 3.68. The summed E-state index contributed by atoms with van der Waals surface area (Å²) in [7, 11) is 1.57. The van der Waals surface area contributed by atoms with E-state index >= 15 is 0 Å². The Morgan fingerprint density at radius 3 is 2.44 bits per heavy atom. The first kappa shape index (κ1) is 12.1. The average molecular weight is 248 g/mol. The lowest BCUT2D eigenvalue weighted by atomic mass is 10.1. The van der Waals surface area contributed by atoms with E-state index in [1.54, 1.807) is 31.4 Å². The molecule has 1 unspecified atom stereocenters. The highest BCUT2D eigenvalue weighted by Gasteiger charge is 2.18. The second-order valence-electron chi connectivity index (χ2n) is 3.68. The van der Waals surface area contributed by atoms with Crippen molar-refractivity contribution in [3.05, 3.63) is 57.8 Å². The fourth-order valence-electron chi connectivity index (χ4n) is 1.58. The number of nitrogens with zero attached hydrogens (tertiary/aromatic N) is 1. The molecule has 0 radical (unpaired) electrons. The van der Waals surface area contributed by atoms with Crippen LogP contribution in [0.1, 0.15) is 17.4 Å². The zero-order chi connectivity index (χ0) is 13.1. The molecule has 1 heterocycles. The fraction of sp³-hybridized carbons (Fsp3) is 0.167. The van der Waals surface area contributed by atoms with Gasteiger partial charge in [0, 0.05) is 0 Å². The van der Waals surface area contributed by atoms with Crippen molar-refractivity contribution in [2.45, 2.75) is 6.04 Å². The number of ether oxygens (including phenoxy) is 1. The molecule has 1 aromatic carbocycles. The van der Waals surface area contributed by atoms with Crippen LogP contribution in [-0.2, 0) is 0 Å². The first-order valence-electron chi connectivity index (χ1n) is 5.25. The van der Waals surface area contributed by atoms with Crippen molar-refractivity contribution in [1.82, 2.24) is 0 Å². The SMILES string of the molecule is COc1ccc(C(N)c2ccc([N+](=O)[O-])o2)cc1. The number of nitro groups is 1. The molecule has 94 valence electrons. The minimum Gasteiger partial charge on any atom is -0.497 e. The van der Waals surface area contributed by atoms with Gasteiger partial charge in [0.25, 0.3) is 0 Å². The van der Waals surface area contributed by atoms with Crippen molar-refractivity contribution in [3.63, 3.8) is 0 Å². The van der Waals surface area contributed by atoms with Crippen molar-refractivity contribution in [3.8, 4) is 5.75 Å². The summed E-state index contributed by atoms with van der Waals surface area (Å²) in [6, 6.07) is 9.38. The average Bonchev–Trinajstić information content (AvgIpc) is 2.88. The molecule has 0 saturated carbocycles. The number of hydrogen-bond acceptors (Lipinski definition) is 5. The minimum absolute atomic E-state index is 0.311. The van der Waals surface area contributed by atoms with Crippen molar-refractivity contribution in [2.75, 3.05) is 7.11 Å². The van der Waals surface area contributed by atoms with E-state index in [1.165, 1.54) is 12.1 Å². The van der Waals surface area contributed by atoms with Gasteiger partial charge in [-0.2, -0.15) is 0 Å². The van der Waals surface area contributed by atoms with Crippen molar-refractivity contribution >= 4 is 5.88 Å². The summed E-state index contributed by atoms with van der Waals surface area (Å²) >= 11 is 0. The molecule has 0 aliphatic rings. The Kier molecular flexibility index (Phi) is 3.29. The van der Waals surface area contributed by atoms with Gasteiger partial charge < -0.3 is 14.9 Å². The molecule has 2 rings (SSSR count). The number of methoxy groups -OCH3 is 1. The van der Waals surface area contributed by atoms with Crippen molar-refractivity contribution in [2.24, 2.45) is 5.73 Å². The summed E-state index contributed by atoms with van der Waals surface area (Å²) in [6.07, 6.45) is 0. The number of rotatable bonds is 4. The van der Waals surface area contributed by atoms with Crippen LogP contribution in [0.3, 0.4) is 0 Å². The van der Waals surface area contributed by atoms with Gasteiger partial charge in [-0.15, -0.1) is 0 Å². The standard InChI is InChI=1S/C12H12N2O4/c1-17-9-4-2-8(3-5-9)12(13)10-6-7-11(18-10)14(15)16/h2-7,12H,13H2,1H3. The zero-order valence-electron chi connectivity index (χ0n) is 9.70. The number of furan rings is 1. The predicted molar refractivity (Wildman–Crippen MR) is 64.4 cm³/mol. The van der Waals surface area contributed by atoms with Crippen LogP contribution < -0.4 is 10.5 Å². The Morgan fingerprint density at radius 1 is 1.28 bits per heavy atom. The summed E-state index contributed by atoms with van der Waals surface area (Å²) < 4.78 is 10.1. The van der Waals surface area contributed by atoms with Crippen LogP contribution in [-0.4, -0.2) is 12.0 Å². The van der Waals surface area contributed by atoms with Gasteiger partial charge >= 0.3 is 5.88 Å². The molecular weight excluding hydrogens is 236 g/mol. The van der Waals surface area contributed by atoms with Crippen LogP contribution in [0.5, 0.6) is 5.75 Å². The molecule has 0 fully saturated rings. The molecule has 6 heteroatoms. The molecule has 0 aliphatic carbocycles. The maximum Gasteiger partial charge on any atom is 0.433 e. The Bertz CT molecular complexity index is 547. The monoisotopic (exact) mass is 248 g/mol. The lowest BCUT2D eigenvalue weighted by molar-refractivity contribution is -0.402. The molecule has 0 amide bonds. The molecule has 0 saturated heterocycles. The summed E-state index contributed by atoms with van der Waals surface area (Å²) in [6.45, 7) is 0. The molecule has 18 heavy (non-hydrogen) atoms. The number of hydrogen-bond donors (Lipinski definition) is 1. The van der Waals surface area contributed by atoms with Crippen LogP contribution in [0, 0.1) is 10.1 Å². The molecule has 2 N–H and O–H groups in total. The van der Waals surface area contributed by atoms with Gasteiger partial charge in [-0.3, -0.25) is 10.1 Å². The first-order valence-corrected chi connectivity index (χ1v) is 5.25. The molecule has 1 atom stereocenters. The van der Waals surface area contributed by atoms with Crippen molar-refractivity contribution in [1.29, 1.82) is 0 Å². The highest BCUT2D eigenvalue weighted by Crippen LogP contribution is 2.26. The third-order valence-corrected chi connectivity index (χ3v) is 2.57. The summed E-state index contributed by atoms with van der Waals surface area (Å²) in [4.78, 5) is 9.92. The highest BCUT2D eigenvalue weighted by atomic mass is 16.6. The van der Waals surface area contributed by atoms with E-state index in [1.807, 2.05) is 0 Å². The van der Waals surface area contributed by atoms with E-state index in [0.717, 1.165) is 11.3 Å². The van der Waals surface area contributed by atoms with Gasteiger partial charge in [0.1, 0.15) is 16.4 Å². The normalized spacial score (nSPS) is 12.1. The summed E-state index contributed by atoms with van der Waals surface area (Å²) in [5.41, 5.74) is 6.76. The van der Waals surface area contributed by atoms with Gasteiger partial charge in [-0.1, -0.05) is 12.1 Å². The Hall–Kier alpha value is -2.34. The van der Waals surface area contributed by atoms with E-state index in [9.17, 15) is 10.1 Å². The third-order valence-electron chi connectivity index (χ3n) is 2.57. The van der Waals surface area contributed by atoms with Gasteiger partial charge in [-0.25, -0.2) is 0 Å². The Morgan fingerprint density at radius 2 is 1.94 bits per heavy atom.